The fraction of sp³-hybridized carbons (Fsp3) is 0.591. The Labute approximate surface area is 174 Å². The molecule has 0 radical (unpaired) electrons. The third-order valence-electron chi connectivity index (χ3n) is 7.11. The number of likely N-dealkylation sites (tertiary alicyclic amines) is 1. The summed E-state index contributed by atoms with van der Waals surface area (Å²) in [5.74, 6) is 1.32. The van der Waals surface area contributed by atoms with Gasteiger partial charge in [-0.3, -0.25) is 4.79 Å². The van der Waals surface area contributed by atoms with Crippen molar-refractivity contribution in [3.05, 3.63) is 24.1 Å². The quantitative estimate of drug-likeness (QED) is 0.654. The third kappa shape index (κ3) is 3.00. The van der Waals surface area contributed by atoms with Crippen molar-refractivity contribution in [1.82, 2.24) is 30.0 Å². The Morgan fingerprint density at radius 3 is 2.57 bits per heavy atom. The van der Waals surface area contributed by atoms with Crippen molar-refractivity contribution in [2.24, 2.45) is 0 Å². The molecule has 2 aliphatic carbocycles. The van der Waals surface area contributed by atoms with Gasteiger partial charge >= 0.3 is 0 Å². The van der Waals surface area contributed by atoms with Crippen LogP contribution in [0.1, 0.15) is 75.6 Å². The molecule has 8 nitrogen and oxygen atoms in total. The van der Waals surface area contributed by atoms with Gasteiger partial charge in [-0.15, -0.1) is 5.10 Å². The molecular formula is C22H26N6O2. The lowest BCUT2D eigenvalue weighted by atomic mass is 10.1. The highest BCUT2D eigenvalue weighted by Gasteiger charge is 2.38. The number of hydrogen-bond donors (Lipinski definition) is 0. The maximum Gasteiger partial charge on any atom is 0.232 e. The molecule has 0 unspecified atom stereocenters. The molecule has 2 aromatic heterocycles. The first-order valence-corrected chi connectivity index (χ1v) is 11.2. The predicted molar refractivity (Wildman–Crippen MR) is 110 cm³/mol. The van der Waals surface area contributed by atoms with Crippen LogP contribution < -0.4 is 0 Å². The fourth-order valence-electron chi connectivity index (χ4n) is 5.48. The van der Waals surface area contributed by atoms with Crippen LogP contribution in [0.25, 0.3) is 22.4 Å². The molecule has 156 valence electrons. The lowest BCUT2D eigenvalue weighted by molar-refractivity contribution is -0.129. The molecule has 3 fully saturated rings. The van der Waals surface area contributed by atoms with Crippen LogP contribution in [-0.4, -0.2) is 48.5 Å². The molecule has 3 heterocycles. The summed E-state index contributed by atoms with van der Waals surface area (Å²) in [4.78, 5) is 19.2. The van der Waals surface area contributed by atoms with Crippen LogP contribution in [0.4, 0.5) is 0 Å². The molecule has 0 N–H and O–H groups in total. The summed E-state index contributed by atoms with van der Waals surface area (Å²) in [5.41, 5.74) is 2.78. The Kier molecular flexibility index (Phi) is 4.32. The Bertz CT molecular complexity index is 1080. The van der Waals surface area contributed by atoms with Crippen LogP contribution in [0.15, 0.2) is 22.7 Å². The summed E-state index contributed by atoms with van der Waals surface area (Å²) in [6.45, 7) is 0.694. The van der Waals surface area contributed by atoms with E-state index in [1.165, 1.54) is 38.5 Å². The molecule has 1 aromatic carbocycles. The van der Waals surface area contributed by atoms with E-state index >= 15 is 0 Å². The van der Waals surface area contributed by atoms with E-state index in [4.69, 9.17) is 4.52 Å². The predicted octanol–water partition coefficient (Wildman–Crippen LogP) is 3.85. The van der Waals surface area contributed by atoms with Gasteiger partial charge in [0.1, 0.15) is 5.52 Å². The number of nitrogens with zero attached hydrogens (tertiary/aromatic N) is 6. The number of aromatic nitrogens is 5. The highest BCUT2D eigenvalue weighted by Crippen LogP contribution is 2.35. The molecule has 1 saturated heterocycles. The number of fused-ring (bicyclic) bond motifs is 1. The lowest BCUT2D eigenvalue weighted by Crippen LogP contribution is -2.34. The van der Waals surface area contributed by atoms with Crippen LogP contribution >= 0.6 is 0 Å². The van der Waals surface area contributed by atoms with Gasteiger partial charge < -0.3 is 9.42 Å². The molecule has 3 aliphatic rings. The second-order valence-electron chi connectivity index (χ2n) is 9.02. The summed E-state index contributed by atoms with van der Waals surface area (Å²) >= 11 is 0. The zero-order valence-electron chi connectivity index (χ0n) is 17.0. The number of hydrogen-bond acceptors (Lipinski definition) is 6. The van der Waals surface area contributed by atoms with Gasteiger partial charge in [0.25, 0.3) is 0 Å². The molecule has 6 rings (SSSR count). The first kappa shape index (κ1) is 18.0. The minimum Gasteiger partial charge on any atom is -0.339 e. The molecule has 8 heteroatoms. The number of carbonyl (C=O) groups is 1. The van der Waals surface area contributed by atoms with Crippen molar-refractivity contribution in [2.45, 2.75) is 75.8 Å². The van der Waals surface area contributed by atoms with Crippen LogP contribution in [0, 0.1) is 0 Å². The Morgan fingerprint density at radius 1 is 1.00 bits per heavy atom. The monoisotopic (exact) mass is 406 g/mol. The Hall–Kier alpha value is -2.77. The molecule has 1 aliphatic heterocycles. The smallest absolute Gasteiger partial charge is 0.232 e. The van der Waals surface area contributed by atoms with E-state index in [2.05, 4.69) is 31.2 Å². The summed E-state index contributed by atoms with van der Waals surface area (Å²) in [6, 6.07) is 6.90. The lowest BCUT2D eigenvalue weighted by Gasteiger charge is -2.23. The SMILES string of the molecule is O=C1C[C@H](c2nc(-c3ccc4c(c3)nnn4C3CCCC3)no2)CN1C1CCCC1. The zero-order chi connectivity index (χ0) is 20.1. The van der Waals surface area contributed by atoms with Gasteiger partial charge in [0.05, 0.1) is 17.5 Å². The van der Waals surface area contributed by atoms with E-state index in [0.717, 1.165) is 29.4 Å². The maximum absolute atomic E-state index is 12.5. The minimum atomic E-state index is -0.00803. The van der Waals surface area contributed by atoms with Gasteiger partial charge in [-0.2, -0.15) is 4.98 Å². The van der Waals surface area contributed by atoms with Gasteiger partial charge in [-0.1, -0.05) is 36.1 Å². The highest BCUT2D eigenvalue weighted by molar-refractivity contribution is 5.81. The maximum atomic E-state index is 12.5. The number of carbonyl (C=O) groups excluding carboxylic acids is 1. The minimum absolute atomic E-state index is 0.00803. The van der Waals surface area contributed by atoms with E-state index in [-0.39, 0.29) is 11.8 Å². The second-order valence-corrected chi connectivity index (χ2v) is 9.02. The van der Waals surface area contributed by atoms with Crippen molar-refractivity contribution in [3.63, 3.8) is 0 Å². The van der Waals surface area contributed by atoms with Gasteiger partial charge in [0.2, 0.25) is 17.6 Å². The van der Waals surface area contributed by atoms with Gasteiger partial charge in [-0.25, -0.2) is 4.68 Å². The van der Waals surface area contributed by atoms with E-state index in [1.54, 1.807) is 0 Å². The zero-order valence-corrected chi connectivity index (χ0v) is 17.0. The third-order valence-corrected chi connectivity index (χ3v) is 7.11. The molecule has 3 aromatic rings. The molecule has 30 heavy (non-hydrogen) atoms. The highest BCUT2D eigenvalue weighted by atomic mass is 16.5. The molecular weight excluding hydrogens is 380 g/mol. The van der Waals surface area contributed by atoms with E-state index in [1.807, 2.05) is 17.0 Å². The van der Waals surface area contributed by atoms with Crippen molar-refractivity contribution >= 4 is 16.9 Å². The van der Waals surface area contributed by atoms with Crippen molar-refractivity contribution in [2.75, 3.05) is 6.54 Å². The average molecular weight is 406 g/mol. The normalized spacial score (nSPS) is 23.4. The molecule has 0 spiro atoms. The van der Waals surface area contributed by atoms with Gasteiger partial charge in [0.15, 0.2) is 0 Å². The second kappa shape index (κ2) is 7.18. The van der Waals surface area contributed by atoms with Crippen LogP contribution in [0.5, 0.6) is 0 Å². The molecule has 0 bridgehead atoms. The molecule has 2 saturated carbocycles. The fourth-order valence-corrected chi connectivity index (χ4v) is 5.48. The first-order valence-electron chi connectivity index (χ1n) is 11.2. The first-order chi connectivity index (χ1) is 14.8. The summed E-state index contributed by atoms with van der Waals surface area (Å²) in [6.07, 6.45) is 10.0. The van der Waals surface area contributed by atoms with Crippen molar-refractivity contribution in [1.29, 1.82) is 0 Å². The van der Waals surface area contributed by atoms with Crippen molar-refractivity contribution < 1.29 is 9.32 Å². The largest absolute Gasteiger partial charge is 0.339 e. The van der Waals surface area contributed by atoms with Crippen LogP contribution in [0.2, 0.25) is 0 Å². The van der Waals surface area contributed by atoms with E-state index in [9.17, 15) is 4.79 Å². The Balaban J connectivity index is 1.23. The molecule has 1 amide bonds. The van der Waals surface area contributed by atoms with E-state index < -0.39 is 0 Å². The van der Waals surface area contributed by atoms with Gasteiger partial charge in [-0.05, 0) is 43.9 Å². The summed E-state index contributed by atoms with van der Waals surface area (Å²) in [5, 5.41) is 13.0. The number of benzene rings is 1. The molecule has 1 atom stereocenters. The van der Waals surface area contributed by atoms with Crippen LogP contribution in [0.3, 0.4) is 0 Å². The topological polar surface area (TPSA) is 89.9 Å². The summed E-state index contributed by atoms with van der Waals surface area (Å²) in [7, 11) is 0. The Morgan fingerprint density at radius 2 is 1.77 bits per heavy atom. The average Bonchev–Trinajstić information content (AvgIpc) is 3.57. The van der Waals surface area contributed by atoms with E-state index in [0.29, 0.717) is 36.8 Å². The number of amides is 1. The van der Waals surface area contributed by atoms with Gasteiger partial charge in [0, 0.05) is 24.6 Å². The standard InChI is InChI=1S/C22H26N6O2/c29-20-12-15(13-27(20)16-5-1-2-6-16)22-23-21(25-30-22)14-9-10-19-18(11-14)24-26-28(19)17-7-3-4-8-17/h9-11,15-17H,1-8,12-13H2/t15-/m0/s1. The van der Waals surface area contributed by atoms with Crippen molar-refractivity contribution in [3.8, 4) is 11.4 Å². The summed E-state index contributed by atoms with van der Waals surface area (Å²) < 4.78 is 7.64. The van der Waals surface area contributed by atoms with Crippen LogP contribution in [-0.2, 0) is 4.79 Å². The number of rotatable bonds is 4.